The number of rotatable bonds is 5. The van der Waals surface area contributed by atoms with E-state index in [0.29, 0.717) is 10.7 Å². The third-order valence-electron chi connectivity index (χ3n) is 2.09. The monoisotopic (exact) mass is 254 g/mol. The first-order chi connectivity index (χ1) is 8.17. The molecule has 0 saturated carbocycles. The molecule has 17 heavy (non-hydrogen) atoms. The van der Waals surface area contributed by atoms with E-state index in [1.807, 2.05) is 12.1 Å². The minimum absolute atomic E-state index is 0.0797. The van der Waals surface area contributed by atoms with Crippen LogP contribution in [0.3, 0.4) is 0 Å². The maximum atomic E-state index is 11.6. The van der Waals surface area contributed by atoms with Gasteiger partial charge in [-0.25, -0.2) is 0 Å². The maximum absolute atomic E-state index is 11.6. The van der Waals surface area contributed by atoms with E-state index in [9.17, 15) is 4.79 Å². The van der Waals surface area contributed by atoms with Crippen molar-refractivity contribution in [1.82, 2.24) is 10.6 Å². The summed E-state index contributed by atoms with van der Waals surface area (Å²) in [6.07, 6.45) is 1.71. The van der Waals surface area contributed by atoms with Crippen LogP contribution in [-0.4, -0.2) is 31.2 Å². The molecule has 5 heteroatoms. The number of carbonyl (C=O) groups excluding carboxylic acids is 1. The molecule has 0 atom stereocenters. The van der Waals surface area contributed by atoms with Crippen LogP contribution >= 0.6 is 11.6 Å². The lowest BCUT2D eigenvalue weighted by Gasteiger charge is -2.07. The first-order valence-electron chi connectivity index (χ1n) is 5.21. The Balaban J connectivity index is 2.78. The molecule has 1 aromatic carbocycles. The molecule has 3 N–H and O–H groups in total. The summed E-state index contributed by atoms with van der Waals surface area (Å²) in [5, 5.41) is 14.6. The van der Waals surface area contributed by atoms with E-state index >= 15 is 0 Å². The van der Waals surface area contributed by atoms with E-state index in [2.05, 4.69) is 10.6 Å². The van der Waals surface area contributed by atoms with Crippen molar-refractivity contribution in [2.24, 2.45) is 0 Å². The number of nitrogens with one attached hydrogen (secondary N) is 2. The molecule has 0 saturated heterocycles. The lowest BCUT2D eigenvalue weighted by atomic mass is 10.2. The number of aliphatic hydroxyl groups excluding tert-OH is 1. The third-order valence-corrected chi connectivity index (χ3v) is 2.34. The van der Waals surface area contributed by atoms with Crippen molar-refractivity contribution in [2.75, 3.05) is 20.2 Å². The van der Waals surface area contributed by atoms with Gasteiger partial charge in [0.15, 0.2) is 0 Å². The van der Waals surface area contributed by atoms with Crippen LogP contribution in [0, 0.1) is 0 Å². The van der Waals surface area contributed by atoms with E-state index in [-0.39, 0.29) is 19.1 Å². The summed E-state index contributed by atoms with van der Waals surface area (Å²) in [6.45, 7) is 0.155. The number of hydrogen-bond donors (Lipinski definition) is 3. The Labute approximate surface area is 105 Å². The Hall–Kier alpha value is -1.52. The van der Waals surface area contributed by atoms with Gasteiger partial charge in [0.25, 0.3) is 5.91 Å². The molecule has 0 unspecified atom stereocenters. The number of halogens is 1. The molecule has 1 amide bonds. The van der Waals surface area contributed by atoms with Crippen LogP contribution < -0.4 is 10.6 Å². The van der Waals surface area contributed by atoms with Gasteiger partial charge in [0, 0.05) is 18.6 Å². The SMILES string of the molecule is CN/C(=C\c1ccc(Cl)cc1)C(=O)NCCO. The minimum atomic E-state index is -0.253. The maximum Gasteiger partial charge on any atom is 0.267 e. The molecule has 0 aliphatic heterocycles. The quantitative estimate of drug-likeness (QED) is 0.688. The average Bonchev–Trinajstić information content (AvgIpc) is 2.35. The number of benzene rings is 1. The van der Waals surface area contributed by atoms with Crippen LogP contribution in [-0.2, 0) is 4.79 Å². The second-order valence-electron chi connectivity index (χ2n) is 3.34. The Kier molecular flexibility index (Phi) is 5.52. The van der Waals surface area contributed by atoms with Crippen LogP contribution in [0.2, 0.25) is 5.02 Å². The summed E-state index contributed by atoms with van der Waals surface area (Å²) >= 11 is 5.77. The molecule has 0 aromatic heterocycles. The summed E-state index contributed by atoms with van der Waals surface area (Å²) in [5.74, 6) is -0.253. The molecular formula is C12H15ClN2O2. The lowest BCUT2D eigenvalue weighted by Crippen LogP contribution is -2.32. The van der Waals surface area contributed by atoms with Crippen molar-refractivity contribution in [3.63, 3.8) is 0 Å². The van der Waals surface area contributed by atoms with Gasteiger partial charge in [-0.15, -0.1) is 0 Å². The minimum Gasteiger partial charge on any atom is -0.395 e. The number of hydrogen-bond acceptors (Lipinski definition) is 3. The summed E-state index contributed by atoms with van der Waals surface area (Å²) in [6, 6.07) is 7.15. The topological polar surface area (TPSA) is 61.4 Å². The van der Waals surface area contributed by atoms with E-state index in [0.717, 1.165) is 5.56 Å². The molecule has 0 radical (unpaired) electrons. The lowest BCUT2D eigenvalue weighted by molar-refractivity contribution is -0.117. The largest absolute Gasteiger partial charge is 0.395 e. The van der Waals surface area contributed by atoms with Gasteiger partial charge in [-0.1, -0.05) is 23.7 Å². The zero-order valence-corrected chi connectivity index (χ0v) is 10.3. The Morgan fingerprint density at radius 1 is 1.41 bits per heavy atom. The van der Waals surface area contributed by atoms with Gasteiger partial charge in [-0.05, 0) is 23.8 Å². The molecule has 0 spiro atoms. The fourth-order valence-electron chi connectivity index (χ4n) is 1.24. The molecule has 1 aromatic rings. The number of carbonyl (C=O) groups is 1. The number of likely N-dealkylation sites (N-methyl/N-ethyl adjacent to an activating group) is 1. The van der Waals surface area contributed by atoms with Crippen molar-refractivity contribution in [3.05, 3.63) is 40.5 Å². The fraction of sp³-hybridized carbons (Fsp3) is 0.250. The molecule has 0 fully saturated rings. The highest BCUT2D eigenvalue weighted by molar-refractivity contribution is 6.30. The first kappa shape index (κ1) is 13.5. The normalized spacial score (nSPS) is 11.1. The summed E-state index contributed by atoms with van der Waals surface area (Å²) in [5.41, 5.74) is 1.30. The van der Waals surface area contributed by atoms with Crippen LogP contribution in [0.15, 0.2) is 30.0 Å². The second kappa shape index (κ2) is 6.93. The van der Waals surface area contributed by atoms with Crippen LogP contribution in [0.25, 0.3) is 6.08 Å². The predicted octanol–water partition coefficient (Wildman–Crippen LogP) is 1.01. The van der Waals surface area contributed by atoms with E-state index in [1.165, 1.54) is 0 Å². The van der Waals surface area contributed by atoms with Gasteiger partial charge in [0.1, 0.15) is 5.70 Å². The van der Waals surface area contributed by atoms with Crippen molar-refractivity contribution in [1.29, 1.82) is 0 Å². The highest BCUT2D eigenvalue weighted by Gasteiger charge is 2.06. The predicted molar refractivity (Wildman–Crippen MR) is 68.6 cm³/mol. The van der Waals surface area contributed by atoms with Gasteiger partial charge in [-0.2, -0.15) is 0 Å². The van der Waals surface area contributed by atoms with Gasteiger partial charge in [-0.3, -0.25) is 4.79 Å². The zero-order chi connectivity index (χ0) is 12.7. The Morgan fingerprint density at radius 2 is 2.06 bits per heavy atom. The molecule has 0 aliphatic carbocycles. The molecule has 0 bridgehead atoms. The summed E-state index contributed by atoms with van der Waals surface area (Å²) in [4.78, 5) is 11.6. The van der Waals surface area contributed by atoms with Crippen molar-refractivity contribution in [2.45, 2.75) is 0 Å². The molecule has 0 heterocycles. The molecule has 1 rings (SSSR count). The average molecular weight is 255 g/mol. The zero-order valence-electron chi connectivity index (χ0n) is 9.53. The van der Waals surface area contributed by atoms with Crippen LogP contribution in [0.5, 0.6) is 0 Å². The van der Waals surface area contributed by atoms with Crippen molar-refractivity contribution in [3.8, 4) is 0 Å². The smallest absolute Gasteiger partial charge is 0.267 e. The number of amides is 1. The molecule has 0 aliphatic rings. The fourth-order valence-corrected chi connectivity index (χ4v) is 1.37. The van der Waals surface area contributed by atoms with Gasteiger partial charge in [0.2, 0.25) is 0 Å². The second-order valence-corrected chi connectivity index (χ2v) is 3.78. The van der Waals surface area contributed by atoms with Crippen LogP contribution in [0.4, 0.5) is 0 Å². The van der Waals surface area contributed by atoms with Gasteiger partial charge in [0.05, 0.1) is 6.61 Å². The van der Waals surface area contributed by atoms with E-state index in [4.69, 9.17) is 16.7 Å². The molecule has 4 nitrogen and oxygen atoms in total. The Morgan fingerprint density at radius 3 is 2.59 bits per heavy atom. The third kappa shape index (κ3) is 4.46. The Bertz CT molecular complexity index is 401. The van der Waals surface area contributed by atoms with Gasteiger partial charge < -0.3 is 15.7 Å². The van der Waals surface area contributed by atoms with E-state index < -0.39 is 0 Å². The molecule has 92 valence electrons. The highest BCUT2D eigenvalue weighted by atomic mass is 35.5. The van der Waals surface area contributed by atoms with Crippen LogP contribution in [0.1, 0.15) is 5.56 Å². The molecular weight excluding hydrogens is 240 g/mol. The summed E-state index contributed by atoms with van der Waals surface area (Å²) in [7, 11) is 1.67. The standard InChI is InChI=1S/C12H15ClN2O2/c1-14-11(12(17)15-6-7-16)8-9-2-4-10(13)5-3-9/h2-5,8,14,16H,6-7H2,1H3,(H,15,17)/b11-8-. The van der Waals surface area contributed by atoms with E-state index in [1.54, 1.807) is 25.3 Å². The highest BCUT2D eigenvalue weighted by Crippen LogP contribution is 2.11. The number of aliphatic hydroxyl groups is 1. The summed E-state index contributed by atoms with van der Waals surface area (Å²) < 4.78 is 0. The first-order valence-corrected chi connectivity index (χ1v) is 5.59. The van der Waals surface area contributed by atoms with Crippen molar-refractivity contribution >= 4 is 23.6 Å². The van der Waals surface area contributed by atoms with Gasteiger partial charge >= 0.3 is 0 Å². The van der Waals surface area contributed by atoms with Crippen molar-refractivity contribution < 1.29 is 9.90 Å².